The van der Waals surface area contributed by atoms with Crippen LogP contribution in [0.5, 0.6) is 0 Å². The molecule has 1 heterocycles. The first-order valence-corrected chi connectivity index (χ1v) is 6.05. The molecule has 0 aromatic carbocycles. The third-order valence-electron chi connectivity index (χ3n) is 2.80. The summed E-state index contributed by atoms with van der Waals surface area (Å²) in [5.74, 6) is -0.960. The molecular formula is C12H20O4. The van der Waals surface area contributed by atoms with E-state index in [1.807, 2.05) is 0 Å². The van der Waals surface area contributed by atoms with Crippen LogP contribution in [-0.2, 0) is 19.1 Å². The molecule has 1 fully saturated rings. The van der Waals surface area contributed by atoms with Crippen LogP contribution in [0, 0.1) is 5.92 Å². The second kappa shape index (κ2) is 6.51. The Morgan fingerprint density at radius 1 is 1.44 bits per heavy atom. The molecule has 1 rings (SSSR count). The van der Waals surface area contributed by atoms with Gasteiger partial charge in [-0.15, -0.1) is 0 Å². The number of ether oxygens (including phenoxy) is 2. The maximum Gasteiger partial charge on any atom is 0.313 e. The lowest BCUT2D eigenvalue weighted by Gasteiger charge is -2.15. The molecule has 1 aliphatic rings. The molecule has 0 saturated carbocycles. The van der Waals surface area contributed by atoms with Gasteiger partial charge in [0.2, 0.25) is 0 Å². The highest BCUT2D eigenvalue weighted by Gasteiger charge is 2.40. The van der Waals surface area contributed by atoms with Crippen molar-refractivity contribution >= 4 is 11.9 Å². The Balaban J connectivity index is 2.45. The van der Waals surface area contributed by atoms with Crippen LogP contribution in [0.4, 0.5) is 0 Å². The zero-order chi connectivity index (χ0) is 12.0. The lowest BCUT2D eigenvalue weighted by molar-refractivity contribution is -0.150. The van der Waals surface area contributed by atoms with Gasteiger partial charge in [-0.3, -0.25) is 9.59 Å². The molecule has 0 aromatic heterocycles. The van der Waals surface area contributed by atoms with Crippen molar-refractivity contribution < 1.29 is 19.1 Å². The first-order valence-electron chi connectivity index (χ1n) is 6.05. The molecule has 0 aromatic rings. The van der Waals surface area contributed by atoms with Crippen LogP contribution in [0.1, 0.15) is 46.0 Å². The number of unbranched alkanes of at least 4 members (excludes halogenated alkanes) is 2. The van der Waals surface area contributed by atoms with Gasteiger partial charge in [-0.25, -0.2) is 0 Å². The van der Waals surface area contributed by atoms with Crippen LogP contribution < -0.4 is 0 Å². The maximum atomic E-state index is 11.6. The maximum absolute atomic E-state index is 11.6. The van der Waals surface area contributed by atoms with Crippen molar-refractivity contribution in [3.63, 3.8) is 0 Å². The number of carbonyl (C=O) groups is 2. The fourth-order valence-corrected chi connectivity index (χ4v) is 1.95. The normalized spacial score (nSPS) is 24.2. The summed E-state index contributed by atoms with van der Waals surface area (Å²) in [6.45, 7) is 4.23. The molecule has 4 heteroatoms. The summed E-state index contributed by atoms with van der Waals surface area (Å²) >= 11 is 0. The number of cyclic esters (lactones) is 1. The molecule has 0 spiro atoms. The van der Waals surface area contributed by atoms with Crippen LogP contribution in [0.2, 0.25) is 0 Å². The minimum Gasteiger partial charge on any atom is -0.466 e. The quantitative estimate of drug-likeness (QED) is 0.516. The Bertz CT molecular complexity index is 249. The van der Waals surface area contributed by atoms with E-state index in [-0.39, 0.29) is 30.4 Å². The Labute approximate surface area is 96.3 Å². The lowest BCUT2D eigenvalue weighted by atomic mass is 9.97. The van der Waals surface area contributed by atoms with E-state index in [0.717, 1.165) is 25.7 Å². The summed E-state index contributed by atoms with van der Waals surface area (Å²) < 4.78 is 10.1. The SMILES string of the molecule is CCCCC[C@@H]1OC(=O)C[C@@H]1C(=O)OCC. The Morgan fingerprint density at radius 2 is 2.19 bits per heavy atom. The molecule has 1 aliphatic heterocycles. The van der Waals surface area contributed by atoms with Gasteiger partial charge in [-0.2, -0.15) is 0 Å². The van der Waals surface area contributed by atoms with Crippen LogP contribution >= 0.6 is 0 Å². The smallest absolute Gasteiger partial charge is 0.313 e. The molecule has 0 amide bonds. The van der Waals surface area contributed by atoms with Crippen molar-refractivity contribution in [3.05, 3.63) is 0 Å². The van der Waals surface area contributed by atoms with Crippen molar-refractivity contribution in [2.45, 2.75) is 52.1 Å². The number of rotatable bonds is 6. The van der Waals surface area contributed by atoms with Gasteiger partial charge >= 0.3 is 11.9 Å². The molecule has 0 bridgehead atoms. The van der Waals surface area contributed by atoms with E-state index in [1.165, 1.54) is 0 Å². The van der Waals surface area contributed by atoms with Crippen LogP contribution in [0.3, 0.4) is 0 Å². The summed E-state index contributed by atoms with van der Waals surface area (Å²) in [6, 6.07) is 0. The van der Waals surface area contributed by atoms with Crippen molar-refractivity contribution in [1.82, 2.24) is 0 Å². The highest BCUT2D eigenvalue weighted by atomic mass is 16.6. The summed E-state index contributed by atoms with van der Waals surface area (Å²) in [7, 11) is 0. The summed E-state index contributed by atoms with van der Waals surface area (Å²) in [6.07, 6.45) is 3.88. The van der Waals surface area contributed by atoms with Gasteiger partial charge in [-0.1, -0.05) is 19.8 Å². The van der Waals surface area contributed by atoms with Crippen molar-refractivity contribution in [2.24, 2.45) is 5.92 Å². The molecule has 0 unspecified atom stereocenters. The molecule has 2 atom stereocenters. The summed E-state index contributed by atoms with van der Waals surface area (Å²) in [5.41, 5.74) is 0. The van der Waals surface area contributed by atoms with E-state index in [9.17, 15) is 9.59 Å². The largest absolute Gasteiger partial charge is 0.466 e. The Kier molecular flexibility index (Phi) is 5.29. The average molecular weight is 228 g/mol. The monoisotopic (exact) mass is 228 g/mol. The number of hydrogen-bond acceptors (Lipinski definition) is 4. The molecule has 0 N–H and O–H groups in total. The molecule has 0 aliphatic carbocycles. The molecule has 92 valence electrons. The minimum absolute atomic E-state index is 0.176. The van der Waals surface area contributed by atoms with Gasteiger partial charge in [0.1, 0.15) is 12.0 Å². The number of carbonyl (C=O) groups excluding carboxylic acids is 2. The first kappa shape index (κ1) is 13.0. The molecule has 1 saturated heterocycles. The van der Waals surface area contributed by atoms with E-state index in [1.54, 1.807) is 6.92 Å². The van der Waals surface area contributed by atoms with Gasteiger partial charge in [0.25, 0.3) is 0 Å². The zero-order valence-electron chi connectivity index (χ0n) is 10.0. The predicted octanol–water partition coefficient (Wildman–Crippen LogP) is 2.06. The fourth-order valence-electron chi connectivity index (χ4n) is 1.95. The standard InChI is InChI=1S/C12H20O4/c1-3-5-6-7-10-9(8-11(13)16-10)12(14)15-4-2/h9-10H,3-8H2,1-2H3/t9-,10-/m0/s1. The van der Waals surface area contributed by atoms with E-state index in [4.69, 9.17) is 9.47 Å². The molecular weight excluding hydrogens is 208 g/mol. The van der Waals surface area contributed by atoms with Crippen molar-refractivity contribution in [2.75, 3.05) is 6.61 Å². The number of hydrogen-bond donors (Lipinski definition) is 0. The average Bonchev–Trinajstić information content (AvgIpc) is 2.61. The highest BCUT2D eigenvalue weighted by molar-refractivity contribution is 5.83. The van der Waals surface area contributed by atoms with Gasteiger partial charge in [0, 0.05) is 0 Å². The minimum atomic E-state index is -0.385. The predicted molar refractivity (Wildman–Crippen MR) is 58.8 cm³/mol. The molecule has 16 heavy (non-hydrogen) atoms. The van der Waals surface area contributed by atoms with Crippen LogP contribution in [-0.4, -0.2) is 24.6 Å². The van der Waals surface area contributed by atoms with Crippen LogP contribution in [0.15, 0.2) is 0 Å². The second-order valence-electron chi connectivity index (χ2n) is 4.09. The van der Waals surface area contributed by atoms with Gasteiger partial charge in [0.05, 0.1) is 13.0 Å². The molecule has 0 radical (unpaired) electrons. The van der Waals surface area contributed by atoms with Gasteiger partial charge in [-0.05, 0) is 19.8 Å². The molecule has 4 nitrogen and oxygen atoms in total. The third kappa shape index (κ3) is 3.51. The number of esters is 2. The van der Waals surface area contributed by atoms with Crippen molar-refractivity contribution in [3.8, 4) is 0 Å². The fraction of sp³-hybridized carbons (Fsp3) is 0.833. The van der Waals surface area contributed by atoms with E-state index >= 15 is 0 Å². The van der Waals surface area contributed by atoms with E-state index < -0.39 is 0 Å². The Morgan fingerprint density at radius 3 is 2.81 bits per heavy atom. The highest BCUT2D eigenvalue weighted by Crippen LogP contribution is 2.27. The Hall–Kier alpha value is -1.06. The van der Waals surface area contributed by atoms with Gasteiger partial charge < -0.3 is 9.47 Å². The third-order valence-corrected chi connectivity index (χ3v) is 2.80. The summed E-state index contributed by atoms with van der Waals surface area (Å²) in [5, 5.41) is 0. The van der Waals surface area contributed by atoms with Crippen LogP contribution in [0.25, 0.3) is 0 Å². The van der Waals surface area contributed by atoms with Gasteiger partial charge in [0.15, 0.2) is 0 Å². The first-order chi connectivity index (χ1) is 7.69. The van der Waals surface area contributed by atoms with E-state index in [2.05, 4.69) is 6.92 Å². The summed E-state index contributed by atoms with van der Waals surface area (Å²) in [4.78, 5) is 22.8. The lowest BCUT2D eigenvalue weighted by Crippen LogP contribution is -2.26. The zero-order valence-corrected chi connectivity index (χ0v) is 10.0. The van der Waals surface area contributed by atoms with Crippen molar-refractivity contribution in [1.29, 1.82) is 0 Å². The topological polar surface area (TPSA) is 52.6 Å². The van der Waals surface area contributed by atoms with E-state index in [0.29, 0.717) is 6.61 Å². The second-order valence-corrected chi connectivity index (χ2v) is 4.09.